The number of fused-ring (bicyclic) bond motifs is 3. The molecule has 150 valence electrons. The molecule has 0 aliphatic carbocycles. The second kappa shape index (κ2) is 7.34. The number of hydrogen-bond acceptors (Lipinski definition) is 5. The van der Waals surface area contributed by atoms with Gasteiger partial charge in [-0.1, -0.05) is 48.0 Å². The van der Waals surface area contributed by atoms with E-state index in [1.165, 1.54) is 0 Å². The molecule has 0 N–H and O–H groups in total. The molecule has 0 unspecified atom stereocenters. The van der Waals surface area contributed by atoms with Crippen LogP contribution in [0.1, 0.15) is 39.5 Å². The molecule has 3 aromatic carbocycles. The lowest BCUT2D eigenvalue weighted by molar-refractivity contribution is -0.00455. The van der Waals surface area contributed by atoms with Crippen LogP contribution in [0.2, 0.25) is 0 Å². The van der Waals surface area contributed by atoms with Crippen LogP contribution in [0.3, 0.4) is 0 Å². The van der Waals surface area contributed by atoms with Gasteiger partial charge in [0, 0.05) is 17.5 Å². The Morgan fingerprint density at radius 2 is 1.77 bits per heavy atom. The number of ketones is 1. The first-order valence-corrected chi connectivity index (χ1v) is 10.0. The summed E-state index contributed by atoms with van der Waals surface area (Å²) in [6.45, 7) is 2.00. The Balaban J connectivity index is 1.53. The molecule has 0 radical (unpaired) electrons. The zero-order chi connectivity index (χ0) is 20.7. The molecule has 0 fully saturated rings. The van der Waals surface area contributed by atoms with Crippen LogP contribution in [-0.2, 0) is 0 Å². The minimum absolute atomic E-state index is 0.0357. The number of nitrogens with zero attached hydrogens (tertiary/aromatic N) is 2. The minimum atomic E-state index is -0.789. The molecule has 2 aliphatic rings. The van der Waals surface area contributed by atoms with Gasteiger partial charge in [0.15, 0.2) is 0 Å². The third-order valence-corrected chi connectivity index (χ3v) is 5.68. The van der Waals surface area contributed by atoms with E-state index in [1.807, 2.05) is 84.7 Å². The molecule has 0 amide bonds. The van der Waals surface area contributed by atoms with Crippen LogP contribution in [0.15, 0.2) is 77.9 Å². The fraction of sp³-hybridized carbons (Fsp3) is 0.200. The normalized spacial score (nSPS) is 19.4. The van der Waals surface area contributed by atoms with E-state index in [9.17, 15) is 4.79 Å². The van der Waals surface area contributed by atoms with E-state index in [0.717, 1.165) is 33.9 Å². The molecule has 2 heterocycles. The van der Waals surface area contributed by atoms with Gasteiger partial charge in [-0.25, -0.2) is 5.01 Å². The van der Waals surface area contributed by atoms with Crippen molar-refractivity contribution in [3.8, 4) is 11.5 Å². The predicted molar refractivity (Wildman–Crippen MR) is 115 cm³/mol. The van der Waals surface area contributed by atoms with Crippen molar-refractivity contribution in [1.29, 1.82) is 0 Å². The Morgan fingerprint density at radius 1 is 1.03 bits per heavy atom. The summed E-state index contributed by atoms with van der Waals surface area (Å²) >= 11 is 0. The Bertz CT molecular complexity index is 1120. The minimum Gasteiger partial charge on any atom is -0.497 e. The van der Waals surface area contributed by atoms with Crippen LogP contribution in [0, 0.1) is 6.92 Å². The lowest BCUT2D eigenvalue weighted by Gasteiger charge is -2.37. The van der Waals surface area contributed by atoms with Crippen LogP contribution in [0.25, 0.3) is 0 Å². The molecule has 5 heteroatoms. The summed E-state index contributed by atoms with van der Waals surface area (Å²) in [5.41, 5.74) is 4.74. The molecule has 2 atom stereocenters. The van der Waals surface area contributed by atoms with Gasteiger partial charge in [-0.05, 0) is 42.8 Å². The molecule has 0 aromatic heterocycles. The number of aryl methyl sites for hydroxylation is 1. The Kier molecular flexibility index (Phi) is 4.51. The highest BCUT2D eigenvalue weighted by Gasteiger charge is 2.43. The molecule has 5 rings (SSSR count). The molecule has 5 nitrogen and oxygen atoms in total. The average molecular weight is 398 g/mol. The van der Waals surface area contributed by atoms with Crippen molar-refractivity contribution in [1.82, 2.24) is 5.01 Å². The fourth-order valence-electron chi connectivity index (χ4n) is 4.03. The first-order valence-electron chi connectivity index (χ1n) is 10.0. The zero-order valence-corrected chi connectivity index (χ0v) is 16.9. The number of hydrazone groups is 1. The maximum Gasteiger partial charge on any atom is 0.251 e. The van der Waals surface area contributed by atoms with Crippen molar-refractivity contribution in [2.45, 2.75) is 25.6 Å². The molecule has 0 saturated carbocycles. The van der Waals surface area contributed by atoms with Crippen LogP contribution < -0.4 is 9.47 Å². The third-order valence-electron chi connectivity index (χ3n) is 5.68. The van der Waals surface area contributed by atoms with Gasteiger partial charge < -0.3 is 9.47 Å². The van der Waals surface area contributed by atoms with Crippen molar-refractivity contribution in [3.05, 3.63) is 95.1 Å². The number of hydrogen-bond donors (Lipinski definition) is 0. The Hall–Kier alpha value is -3.60. The topological polar surface area (TPSA) is 51.1 Å². The molecule has 0 bridgehead atoms. The SMILES string of the molecule is COc1ccc(C2=NN3[C@@H](C(=O)c4ccc(C)cc4)Oc4ccccc4[C@H]3C2)cc1. The summed E-state index contributed by atoms with van der Waals surface area (Å²) in [6.07, 6.45) is -0.0759. The van der Waals surface area contributed by atoms with E-state index >= 15 is 0 Å². The van der Waals surface area contributed by atoms with Gasteiger partial charge >= 0.3 is 0 Å². The number of ether oxygens (including phenoxy) is 2. The molecular weight excluding hydrogens is 376 g/mol. The number of benzene rings is 3. The van der Waals surface area contributed by atoms with Crippen molar-refractivity contribution in [2.24, 2.45) is 5.10 Å². The van der Waals surface area contributed by atoms with Gasteiger partial charge in [0.2, 0.25) is 5.78 Å². The number of methoxy groups -OCH3 is 1. The van der Waals surface area contributed by atoms with Gasteiger partial charge in [-0.3, -0.25) is 4.79 Å². The second-order valence-corrected chi connectivity index (χ2v) is 7.61. The number of rotatable bonds is 4. The summed E-state index contributed by atoms with van der Waals surface area (Å²) in [6, 6.07) is 23.3. The van der Waals surface area contributed by atoms with E-state index in [0.29, 0.717) is 12.0 Å². The first-order chi connectivity index (χ1) is 14.6. The summed E-state index contributed by atoms with van der Waals surface area (Å²) in [4.78, 5) is 13.3. The molecule has 2 aliphatic heterocycles. The van der Waals surface area contributed by atoms with Crippen LogP contribution in [-0.4, -0.2) is 29.8 Å². The van der Waals surface area contributed by atoms with Gasteiger partial charge in [0.05, 0.1) is 18.9 Å². The van der Waals surface area contributed by atoms with Crippen LogP contribution in [0.4, 0.5) is 0 Å². The average Bonchev–Trinajstić information content (AvgIpc) is 3.24. The smallest absolute Gasteiger partial charge is 0.251 e. The van der Waals surface area contributed by atoms with Gasteiger partial charge in [-0.2, -0.15) is 5.10 Å². The van der Waals surface area contributed by atoms with E-state index in [4.69, 9.17) is 14.6 Å². The summed E-state index contributed by atoms with van der Waals surface area (Å²) < 4.78 is 11.4. The lowest BCUT2D eigenvalue weighted by Crippen LogP contribution is -2.45. The number of carbonyl (C=O) groups is 1. The molecule has 0 saturated heterocycles. The van der Waals surface area contributed by atoms with E-state index in [-0.39, 0.29) is 11.8 Å². The number of Topliss-reactive ketones (excluding diaryl/α,β-unsaturated/α-hetero) is 1. The van der Waals surface area contributed by atoms with Crippen molar-refractivity contribution in [3.63, 3.8) is 0 Å². The molecule has 0 spiro atoms. The van der Waals surface area contributed by atoms with Gasteiger partial charge in [0.1, 0.15) is 11.5 Å². The standard InChI is InChI=1S/C25H22N2O3/c1-16-7-9-18(10-8-16)24(28)25-27-22(20-5-3-4-6-23(20)30-25)15-21(26-27)17-11-13-19(29-2)14-12-17/h3-14,22,25H,15H2,1-2H3/t22-,25-/m1/s1. The summed E-state index contributed by atoms with van der Waals surface area (Å²) in [5.74, 6) is 1.46. The largest absolute Gasteiger partial charge is 0.497 e. The second-order valence-electron chi connectivity index (χ2n) is 7.61. The highest BCUT2D eigenvalue weighted by Crippen LogP contribution is 2.43. The van der Waals surface area contributed by atoms with Gasteiger partial charge in [-0.15, -0.1) is 0 Å². The van der Waals surface area contributed by atoms with E-state index in [2.05, 4.69) is 0 Å². The van der Waals surface area contributed by atoms with Crippen molar-refractivity contribution >= 4 is 11.5 Å². The zero-order valence-electron chi connectivity index (χ0n) is 16.9. The molecule has 30 heavy (non-hydrogen) atoms. The molecular formula is C25H22N2O3. The Labute approximate surface area is 175 Å². The number of carbonyl (C=O) groups excluding carboxylic acids is 1. The summed E-state index contributed by atoms with van der Waals surface area (Å²) in [5, 5.41) is 6.67. The van der Waals surface area contributed by atoms with Crippen molar-refractivity contribution in [2.75, 3.05) is 7.11 Å². The monoisotopic (exact) mass is 398 g/mol. The number of para-hydroxylation sites is 1. The maximum absolute atomic E-state index is 13.3. The van der Waals surface area contributed by atoms with Gasteiger partial charge in [0.25, 0.3) is 6.23 Å². The highest BCUT2D eigenvalue weighted by molar-refractivity contribution is 6.03. The first kappa shape index (κ1) is 18.4. The Morgan fingerprint density at radius 3 is 2.50 bits per heavy atom. The maximum atomic E-state index is 13.3. The fourth-order valence-corrected chi connectivity index (χ4v) is 4.03. The van der Waals surface area contributed by atoms with Crippen LogP contribution >= 0.6 is 0 Å². The quantitative estimate of drug-likeness (QED) is 0.595. The van der Waals surface area contributed by atoms with Crippen molar-refractivity contribution < 1.29 is 14.3 Å². The predicted octanol–water partition coefficient (Wildman–Crippen LogP) is 4.76. The van der Waals surface area contributed by atoms with Crippen LogP contribution in [0.5, 0.6) is 11.5 Å². The molecule has 3 aromatic rings. The third kappa shape index (κ3) is 3.12. The van der Waals surface area contributed by atoms with E-state index < -0.39 is 6.23 Å². The van der Waals surface area contributed by atoms with E-state index in [1.54, 1.807) is 7.11 Å². The highest BCUT2D eigenvalue weighted by atomic mass is 16.5. The summed E-state index contributed by atoms with van der Waals surface area (Å²) in [7, 11) is 1.65. The lowest BCUT2D eigenvalue weighted by atomic mass is 9.95.